The number of halogens is 3. The Morgan fingerprint density at radius 1 is 1.24 bits per heavy atom. The van der Waals surface area contributed by atoms with Gasteiger partial charge in [-0.1, -0.05) is 18.2 Å². The molecule has 0 bridgehead atoms. The van der Waals surface area contributed by atoms with Crippen LogP contribution < -0.4 is 10.1 Å². The fraction of sp³-hybridized carbons (Fsp3) is 0.500. The molecule has 1 aromatic carbocycles. The van der Waals surface area contributed by atoms with E-state index in [1.165, 1.54) is 13.1 Å². The third kappa shape index (κ3) is 2.54. The van der Waals surface area contributed by atoms with E-state index in [-0.39, 0.29) is 11.3 Å². The van der Waals surface area contributed by atoms with Gasteiger partial charge in [0.2, 0.25) is 0 Å². The molecule has 1 aromatic rings. The summed E-state index contributed by atoms with van der Waals surface area (Å²) < 4.78 is 44.5. The lowest BCUT2D eigenvalue weighted by atomic mass is 9.90. The van der Waals surface area contributed by atoms with Crippen molar-refractivity contribution in [1.82, 2.24) is 5.32 Å². The summed E-state index contributed by atoms with van der Waals surface area (Å²) in [4.78, 5) is 0. The fourth-order valence-electron chi connectivity index (χ4n) is 1.59. The predicted octanol–water partition coefficient (Wildman–Crippen LogP) is 3.08. The van der Waals surface area contributed by atoms with E-state index in [0.29, 0.717) is 6.61 Å². The molecular formula is C12H16F3NO. The first-order chi connectivity index (χ1) is 7.86. The van der Waals surface area contributed by atoms with Gasteiger partial charge in [-0.15, -0.1) is 0 Å². The largest absolute Gasteiger partial charge is 0.494 e. The SMILES string of the molecule is CCOc1ccccc1C(C)(NC)C(F)(F)F. The summed E-state index contributed by atoms with van der Waals surface area (Å²) in [5, 5.41) is 2.33. The summed E-state index contributed by atoms with van der Waals surface area (Å²) in [7, 11) is 1.29. The van der Waals surface area contributed by atoms with Crippen molar-refractivity contribution < 1.29 is 17.9 Å². The molecule has 0 aliphatic heterocycles. The predicted molar refractivity (Wildman–Crippen MR) is 60.1 cm³/mol. The second-order valence-electron chi connectivity index (χ2n) is 3.80. The van der Waals surface area contributed by atoms with Crippen LogP contribution in [-0.2, 0) is 5.54 Å². The highest BCUT2D eigenvalue weighted by Crippen LogP contribution is 2.41. The van der Waals surface area contributed by atoms with Crippen molar-refractivity contribution in [3.05, 3.63) is 29.8 Å². The highest BCUT2D eigenvalue weighted by molar-refractivity contribution is 5.40. The second-order valence-corrected chi connectivity index (χ2v) is 3.80. The van der Waals surface area contributed by atoms with Crippen LogP contribution in [-0.4, -0.2) is 19.8 Å². The van der Waals surface area contributed by atoms with Gasteiger partial charge in [0.25, 0.3) is 0 Å². The molecule has 0 aliphatic rings. The quantitative estimate of drug-likeness (QED) is 0.882. The number of benzene rings is 1. The summed E-state index contributed by atoms with van der Waals surface area (Å²) in [6.45, 7) is 3.17. The van der Waals surface area contributed by atoms with Gasteiger partial charge in [-0.05, 0) is 27.0 Å². The van der Waals surface area contributed by atoms with E-state index in [0.717, 1.165) is 6.92 Å². The number of alkyl halides is 3. The summed E-state index contributed by atoms with van der Waals surface area (Å²) in [6, 6.07) is 6.19. The lowest BCUT2D eigenvalue weighted by molar-refractivity contribution is -0.194. The van der Waals surface area contributed by atoms with Crippen molar-refractivity contribution in [1.29, 1.82) is 0 Å². The number of rotatable bonds is 4. The molecule has 1 N–H and O–H groups in total. The topological polar surface area (TPSA) is 21.3 Å². The number of hydrogen-bond acceptors (Lipinski definition) is 2. The highest BCUT2D eigenvalue weighted by Gasteiger charge is 2.52. The Morgan fingerprint density at radius 2 is 1.82 bits per heavy atom. The minimum atomic E-state index is -4.39. The molecule has 2 nitrogen and oxygen atoms in total. The van der Waals surface area contributed by atoms with E-state index in [2.05, 4.69) is 5.32 Å². The monoisotopic (exact) mass is 247 g/mol. The van der Waals surface area contributed by atoms with E-state index in [1.54, 1.807) is 25.1 Å². The first kappa shape index (κ1) is 13.8. The molecule has 0 saturated heterocycles. The van der Waals surface area contributed by atoms with Gasteiger partial charge in [0.15, 0.2) is 0 Å². The zero-order valence-electron chi connectivity index (χ0n) is 10.1. The smallest absolute Gasteiger partial charge is 0.410 e. The van der Waals surface area contributed by atoms with Crippen molar-refractivity contribution in [2.45, 2.75) is 25.6 Å². The average molecular weight is 247 g/mol. The molecule has 0 radical (unpaired) electrons. The summed E-state index contributed by atoms with van der Waals surface area (Å²) in [6.07, 6.45) is -4.39. The van der Waals surface area contributed by atoms with Crippen LogP contribution in [0.4, 0.5) is 13.2 Å². The Morgan fingerprint density at radius 3 is 2.29 bits per heavy atom. The molecule has 96 valence electrons. The van der Waals surface area contributed by atoms with E-state index < -0.39 is 11.7 Å². The lowest BCUT2D eigenvalue weighted by Crippen LogP contribution is -2.50. The van der Waals surface area contributed by atoms with E-state index >= 15 is 0 Å². The Kier molecular flexibility index (Phi) is 4.03. The highest BCUT2D eigenvalue weighted by atomic mass is 19.4. The number of ether oxygens (including phenoxy) is 1. The van der Waals surface area contributed by atoms with Crippen LogP contribution in [0.3, 0.4) is 0 Å². The van der Waals surface area contributed by atoms with Gasteiger partial charge in [0.05, 0.1) is 6.61 Å². The van der Waals surface area contributed by atoms with Gasteiger partial charge < -0.3 is 10.1 Å². The lowest BCUT2D eigenvalue weighted by Gasteiger charge is -2.33. The summed E-state index contributed by atoms with van der Waals surface area (Å²) in [5.41, 5.74) is -2.02. The molecule has 1 atom stereocenters. The van der Waals surface area contributed by atoms with Crippen molar-refractivity contribution in [3.8, 4) is 5.75 Å². The Labute approximate surface area is 98.8 Å². The Balaban J connectivity index is 3.29. The molecule has 0 heterocycles. The molecule has 0 aliphatic carbocycles. The molecular weight excluding hydrogens is 231 g/mol. The molecule has 0 saturated carbocycles. The minimum absolute atomic E-state index is 0.0943. The third-order valence-electron chi connectivity index (χ3n) is 2.79. The van der Waals surface area contributed by atoms with Crippen LogP contribution in [0.5, 0.6) is 5.75 Å². The maximum Gasteiger partial charge on any atom is 0.410 e. The summed E-state index contributed by atoms with van der Waals surface area (Å²) in [5.74, 6) is 0.254. The van der Waals surface area contributed by atoms with E-state index in [1.807, 2.05) is 0 Å². The van der Waals surface area contributed by atoms with Crippen LogP contribution in [0.1, 0.15) is 19.4 Å². The van der Waals surface area contributed by atoms with Gasteiger partial charge in [-0.2, -0.15) is 13.2 Å². The average Bonchev–Trinajstić information content (AvgIpc) is 2.27. The number of nitrogens with one attached hydrogen (secondary N) is 1. The first-order valence-electron chi connectivity index (χ1n) is 5.34. The van der Waals surface area contributed by atoms with Crippen LogP contribution in [0, 0.1) is 0 Å². The normalized spacial score (nSPS) is 15.4. The molecule has 1 rings (SSSR count). The molecule has 5 heteroatoms. The van der Waals surface area contributed by atoms with Crippen LogP contribution in [0.2, 0.25) is 0 Å². The zero-order chi connectivity index (χ0) is 13.1. The van der Waals surface area contributed by atoms with Crippen molar-refractivity contribution in [2.75, 3.05) is 13.7 Å². The summed E-state index contributed by atoms with van der Waals surface area (Å²) >= 11 is 0. The van der Waals surface area contributed by atoms with Crippen LogP contribution in [0.15, 0.2) is 24.3 Å². The standard InChI is InChI=1S/C12H16F3NO/c1-4-17-10-8-6-5-7-9(10)11(2,16-3)12(13,14)15/h5-8,16H,4H2,1-3H3. The Hall–Kier alpha value is -1.23. The first-order valence-corrected chi connectivity index (χ1v) is 5.34. The molecule has 0 amide bonds. The number of para-hydroxylation sites is 1. The van der Waals surface area contributed by atoms with Crippen molar-refractivity contribution in [3.63, 3.8) is 0 Å². The van der Waals surface area contributed by atoms with E-state index in [9.17, 15) is 13.2 Å². The fourth-order valence-corrected chi connectivity index (χ4v) is 1.59. The minimum Gasteiger partial charge on any atom is -0.494 e. The molecule has 0 aromatic heterocycles. The zero-order valence-corrected chi connectivity index (χ0v) is 10.1. The van der Waals surface area contributed by atoms with Crippen molar-refractivity contribution in [2.24, 2.45) is 0 Å². The maximum atomic E-state index is 13.1. The molecule has 0 fully saturated rings. The maximum absolute atomic E-state index is 13.1. The van der Waals surface area contributed by atoms with Crippen molar-refractivity contribution >= 4 is 0 Å². The molecule has 0 spiro atoms. The van der Waals surface area contributed by atoms with Crippen LogP contribution >= 0.6 is 0 Å². The van der Waals surface area contributed by atoms with Gasteiger partial charge in [-0.25, -0.2) is 0 Å². The third-order valence-corrected chi connectivity index (χ3v) is 2.79. The van der Waals surface area contributed by atoms with Crippen LogP contribution in [0.25, 0.3) is 0 Å². The van der Waals surface area contributed by atoms with Gasteiger partial charge in [-0.3, -0.25) is 0 Å². The molecule has 1 unspecified atom stereocenters. The molecule has 17 heavy (non-hydrogen) atoms. The van der Waals surface area contributed by atoms with Gasteiger partial charge in [0.1, 0.15) is 11.3 Å². The second kappa shape index (κ2) is 4.96. The number of hydrogen-bond donors (Lipinski definition) is 1. The van der Waals surface area contributed by atoms with Gasteiger partial charge >= 0.3 is 6.18 Å². The van der Waals surface area contributed by atoms with Gasteiger partial charge in [0, 0.05) is 5.56 Å². The Bertz CT molecular complexity index is 378. The van der Waals surface area contributed by atoms with E-state index in [4.69, 9.17) is 4.74 Å².